The number of hydrogen-bond acceptors (Lipinski definition) is 3. The highest BCUT2D eigenvalue weighted by Gasteiger charge is 2.44. The van der Waals surface area contributed by atoms with Crippen LogP contribution >= 0.6 is 23.2 Å². The number of nitrogens with one attached hydrogen (secondary N) is 2. The van der Waals surface area contributed by atoms with Gasteiger partial charge < -0.3 is 5.32 Å². The molecule has 9 heteroatoms. The molecular weight excluding hydrogens is 443 g/mol. The summed E-state index contributed by atoms with van der Waals surface area (Å²) in [7, 11) is -1.92. The Morgan fingerprint density at radius 3 is 2.60 bits per heavy atom. The lowest BCUT2D eigenvalue weighted by molar-refractivity contribution is -0.500. The number of hydrogen-bond donors (Lipinski definition) is 3. The molecule has 0 fully saturated rings. The van der Waals surface area contributed by atoms with E-state index in [0.29, 0.717) is 5.71 Å². The van der Waals surface area contributed by atoms with E-state index in [1.165, 1.54) is 11.1 Å². The van der Waals surface area contributed by atoms with Gasteiger partial charge in [-0.1, -0.05) is 50.8 Å². The molecule has 4 rings (SSSR count). The highest BCUT2D eigenvalue weighted by molar-refractivity contribution is 7.96. The van der Waals surface area contributed by atoms with Crippen LogP contribution in [0.25, 0.3) is 11.1 Å². The quantitative estimate of drug-likeness (QED) is 0.470. The Bertz CT molecular complexity index is 1120. The number of hydrazone groups is 1. The van der Waals surface area contributed by atoms with Crippen molar-refractivity contribution in [1.82, 2.24) is 10.0 Å². The molecule has 0 radical (unpaired) electrons. The minimum absolute atomic E-state index is 0.00352. The molecule has 0 amide bonds. The fourth-order valence-corrected chi connectivity index (χ4v) is 6.57. The average Bonchev–Trinajstić information content (AvgIpc) is 2.92. The van der Waals surface area contributed by atoms with Gasteiger partial charge in [0.2, 0.25) is 10.6 Å². The monoisotopic (exact) mass is 466 g/mol. The average molecular weight is 467 g/mol. The molecular formula is C21H24Cl2N4O2S+2. The fourth-order valence-electron chi connectivity index (χ4n) is 4.03. The van der Waals surface area contributed by atoms with Gasteiger partial charge in [0.1, 0.15) is 15.8 Å². The van der Waals surface area contributed by atoms with Crippen molar-refractivity contribution in [3.63, 3.8) is 0 Å². The van der Waals surface area contributed by atoms with E-state index in [1.807, 2.05) is 19.1 Å². The van der Waals surface area contributed by atoms with Gasteiger partial charge in [0, 0.05) is 13.5 Å². The third-order valence-electron chi connectivity index (χ3n) is 5.66. The molecule has 0 saturated carbocycles. The summed E-state index contributed by atoms with van der Waals surface area (Å²) in [6.07, 6.45) is 0.906. The van der Waals surface area contributed by atoms with Crippen molar-refractivity contribution in [3.05, 3.63) is 51.5 Å². The smallest absolute Gasteiger partial charge is 0.312 e. The molecule has 0 spiro atoms. The van der Waals surface area contributed by atoms with E-state index in [9.17, 15) is 8.76 Å². The molecule has 2 aromatic carbocycles. The Balaban J connectivity index is 1.72. The van der Waals surface area contributed by atoms with Gasteiger partial charge in [-0.15, -0.1) is 0 Å². The van der Waals surface area contributed by atoms with Crippen LogP contribution in [0.3, 0.4) is 0 Å². The van der Waals surface area contributed by atoms with Crippen molar-refractivity contribution >= 4 is 45.0 Å². The largest absolute Gasteiger partial charge is 0.327 e. The second kappa shape index (κ2) is 8.15. The first kappa shape index (κ1) is 21.6. The van der Waals surface area contributed by atoms with Crippen molar-refractivity contribution < 1.29 is 13.4 Å². The summed E-state index contributed by atoms with van der Waals surface area (Å²) in [5, 5.41) is 7.99. The van der Waals surface area contributed by atoms with Crippen LogP contribution in [-0.2, 0) is 27.6 Å². The molecule has 2 aliphatic heterocycles. The zero-order valence-electron chi connectivity index (χ0n) is 17.0. The van der Waals surface area contributed by atoms with Gasteiger partial charge in [0.05, 0.1) is 0 Å². The molecule has 0 bridgehead atoms. The van der Waals surface area contributed by atoms with Crippen LogP contribution in [0.5, 0.6) is 0 Å². The molecule has 3 N–H and O–H groups in total. The van der Waals surface area contributed by atoms with Crippen LogP contribution in [0.4, 0.5) is 0 Å². The number of nitrogens with zero attached hydrogens (tertiary/aromatic N) is 2. The standard InChI is InChI=1S/C21H23Cl2N4O2S/c1-12-20(13(2)27(3)25-12)26-30(28,29)21-18(22)9-15(10-19(21)23)16-6-4-5-14-11-24-8-7-17(14)16/h4-6,9-10,20,24H,7-8,11H2,1-3H3,(H-,26,28,29)/q+1/p+1. The first-order chi connectivity index (χ1) is 14.2. The molecule has 2 aromatic rings. The normalized spacial score (nSPS) is 20.7. The maximum Gasteiger partial charge on any atom is 0.327 e. The van der Waals surface area contributed by atoms with Gasteiger partial charge in [-0.05, 0) is 63.6 Å². The number of fused-ring (bicyclic) bond motifs is 1. The summed E-state index contributed by atoms with van der Waals surface area (Å²) in [5.41, 5.74) is 5.90. The molecule has 0 aliphatic carbocycles. The third kappa shape index (κ3) is 3.86. The van der Waals surface area contributed by atoms with Crippen molar-refractivity contribution in [2.24, 2.45) is 5.10 Å². The van der Waals surface area contributed by atoms with Crippen LogP contribution in [0.1, 0.15) is 25.0 Å². The van der Waals surface area contributed by atoms with Gasteiger partial charge >= 0.3 is 10.4 Å². The minimum Gasteiger partial charge on any atom is -0.312 e. The first-order valence-electron chi connectivity index (χ1n) is 9.66. The number of halogens is 2. The molecule has 30 heavy (non-hydrogen) atoms. The Hall–Kier alpha value is -1.61. The Kier molecular flexibility index (Phi) is 5.87. The highest BCUT2D eigenvalue weighted by atomic mass is 35.5. The summed E-state index contributed by atoms with van der Waals surface area (Å²) >= 11 is 13.0. The molecule has 2 aliphatic rings. The van der Waals surface area contributed by atoms with Gasteiger partial charge in [-0.2, -0.15) is 4.55 Å². The van der Waals surface area contributed by atoms with E-state index in [0.717, 1.165) is 36.3 Å². The lowest BCUT2D eigenvalue weighted by Crippen LogP contribution is -2.46. The summed E-state index contributed by atoms with van der Waals surface area (Å²) in [6.45, 7) is 5.39. The second-order valence-electron chi connectivity index (χ2n) is 7.62. The molecule has 0 saturated heterocycles. The van der Waals surface area contributed by atoms with Crippen LogP contribution < -0.4 is 10.0 Å². The van der Waals surface area contributed by atoms with Gasteiger partial charge in [0.15, 0.2) is 13.1 Å². The van der Waals surface area contributed by atoms with Crippen LogP contribution in [0.2, 0.25) is 10.0 Å². The molecule has 2 unspecified atom stereocenters. The summed E-state index contributed by atoms with van der Waals surface area (Å²) in [5.74, 6) is 0. The van der Waals surface area contributed by atoms with E-state index >= 15 is 0 Å². The fraction of sp³-hybridized carbons (Fsp3) is 0.333. The van der Waals surface area contributed by atoms with E-state index in [4.69, 9.17) is 23.2 Å². The Morgan fingerprint density at radius 1 is 1.27 bits per heavy atom. The minimum atomic E-state index is -3.71. The number of rotatable bonds is 4. The SMILES string of the molecule is CC1=N[N+](C)=C(C)C1N[S+](=O)(O)c1c(Cl)cc(-c2cccc3c2CCNC3)cc1Cl. The molecule has 6 nitrogen and oxygen atoms in total. The zero-order chi connectivity index (χ0) is 21.6. The predicted molar refractivity (Wildman–Crippen MR) is 123 cm³/mol. The van der Waals surface area contributed by atoms with Crippen molar-refractivity contribution in [2.45, 2.75) is 37.8 Å². The molecule has 2 atom stereocenters. The van der Waals surface area contributed by atoms with Crippen molar-refractivity contribution in [3.8, 4) is 11.1 Å². The van der Waals surface area contributed by atoms with E-state index < -0.39 is 16.4 Å². The van der Waals surface area contributed by atoms with Crippen LogP contribution in [0.15, 0.2) is 40.3 Å². The first-order valence-corrected chi connectivity index (χ1v) is 11.9. The van der Waals surface area contributed by atoms with Crippen LogP contribution in [0, 0.1) is 0 Å². The Labute approximate surface area is 187 Å². The van der Waals surface area contributed by atoms with Crippen LogP contribution in [-0.4, -0.2) is 40.3 Å². The van der Waals surface area contributed by atoms with E-state index in [1.54, 1.807) is 30.8 Å². The number of benzene rings is 2. The van der Waals surface area contributed by atoms with Crippen molar-refractivity contribution in [2.75, 3.05) is 13.6 Å². The molecule has 2 heterocycles. The van der Waals surface area contributed by atoms with E-state index in [2.05, 4.69) is 21.2 Å². The lowest BCUT2D eigenvalue weighted by Gasteiger charge is -2.21. The second-order valence-corrected chi connectivity index (χ2v) is 10.1. The highest BCUT2D eigenvalue weighted by Crippen LogP contribution is 2.38. The lowest BCUT2D eigenvalue weighted by atomic mass is 9.91. The molecule has 158 valence electrons. The van der Waals surface area contributed by atoms with E-state index in [-0.39, 0.29) is 14.9 Å². The zero-order valence-corrected chi connectivity index (χ0v) is 19.3. The summed E-state index contributed by atoms with van der Waals surface area (Å²) in [4.78, 5) is -0.00352. The third-order valence-corrected chi connectivity index (χ3v) is 8.03. The molecule has 0 aromatic heterocycles. The Morgan fingerprint density at radius 2 is 1.97 bits per heavy atom. The van der Waals surface area contributed by atoms with Gasteiger partial charge in [-0.25, -0.2) is 0 Å². The van der Waals surface area contributed by atoms with Gasteiger partial charge in [-0.3, -0.25) is 0 Å². The summed E-state index contributed by atoms with van der Waals surface area (Å²) < 4.78 is 28.6. The topological polar surface area (TPSA) is 76.7 Å². The maximum atomic E-state index is 13.2. The maximum absolute atomic E-state index is 13.2. The van der Waals surface area contributed by atoms with Gasteiger partial charge in [0.25, 0.3) is 0 Å². The predicted octanol–water partition coefficient (Wildman–Crippen LogP) is 4.00. The summed E-state index contributed by atoms with van der Waals surface area (Å²) in [6, 6.07) is 9.12. The van der Waals surface area contributed by atoms with Crippen molar-refractivity contribution in [1.29, 1.82) is 0 Å².